The Labute approximate surface area is 173 Å². The lowest BCUT2D eigenvalue weighted by Gasteiger charge is -2.38. The minimum atomic E-state index is -0.528. The second-order valence-corrected chi connectivity index (χ2v) is 8.61. The quantitative estimate of drug-likeness (QED) is 0.665. The molecule has 1 aliphatic carbocycles. The van der Waals surface area contributed by atoms with Crippen molar-refractivity contribution in [3.63, 3.8) is 0 Å². The van der Waals surface area contributed by atoms with Crippen molar-refractivity contribution in [3.05, 3.63) is 55.7 Å². The number of carbonyl (C=O) groups is 1. The monoisotopic (exact) mass is 413 g/mol. The number of aromatic nitrogens is 2. The molecule has 0 saturated heterocycles. The number of ketones is 1. The number of methoxy groups -OCH3 is 2. The molecule has 1 atom stereocenters. The van der Waals surface area contributed by atoms with Crippen LogP contribution in [0, 0.1) is 10.2 Å². The summed E-state index contributed by atoms with van der Waals surface area (Å²) in [5.41, 5.74) is 2.19. The maximum absolute atomic E-state index is 13.2. The summed E-state index contributed by atoms with van der Waals surface area (Å²) in [7, 11) is 3.12. The number of Topliss-reactive ketones (excluding diaryl/α,β-unsaturated/α-hetero) is 1. The van der Waals surface area contributed by atoms with Crippen molar-refractivity contribution < 1.29 is 14.3 Å². The van der Waals surface area contributed by atoms with Crippen LogP contribution in [-0.2, 0) is 4.79 Å². The van der Waals surface area contributed by atoms with E-state index in [2.05, 4.69) is 29.1 Å². The molecular formula is C21H23N3O4S. The highest BCUT2D eigenvalue weighted by atomic mass is 32.1. The van der Waals surface area contributed by atoms with Gasteiger partial charge in [0.05, 0.1) is 19.8 Å². The number of carbonyl (C=O) groups excluding carboxylic acids is 1. The fourth-order valence-corrected chi connectivity index (χ4v) is 4.51. The molecule has 0 bridgehead atoms. The van der Waals surface area contributed by atoms with Gasteiger partial charge in [0, 0.05) is 23.6 Å². The standard InChI is InChI=1S/C21H23N3O4S/c1-21(2)8-11-16(12(25)9-21)15(10-5-6-13(27-3)14(7-10)28-4)17-18(22-11)23-20(29)24-19(17)26/h5-7,15H,8-9H2,1-4H3,(H3,22,23,24,26,29). The molecule has 2 aromatic rings. The fraction of sp³-hybridized carbons (Fsp3) is 0.381. The molecular weight excluding hydrogens is 390 g/mol. The zero-order chi connectivity index (χ0) is 20.9. The first-order valence-corrected chi connectivity index (χ1v) is 9.76. The summed E-state index contributed by atoms with van der Waals surface area (Å²) in [5, 5.41) is 3.28. The first kappa shape index (κ1) is 19.4. The molecule has 0 saturated carbocycles. The van der Waals surface area contributed by atoms with Crippen molar-refractivity contribution in [1.82, 2.24) is 9.97 Å². The number of allylic oxidation sites excluding steroid dienone is 2. The molecule has 1 aromatic carbocycles. The predicted octanol–water partition coefficient (Wildman–Crippen LogP) is 3.65. The second-order valence-electron chi connectivity index (χ2n) is 8.20. The van der Waals surface area contributed by atoms with Crippen LogP contribution < -0.4 is 20.3 Å². The molecule has 1 aromatic heterocycles. The Kier molecular flexibility index (Phi) is 4.61. The zero-order valence-corrected chi connectivity index (χ0v) is 17.6. The molecule has 7 nitrogen and oxygen atoms in total. The predicted molar refractivity (Wildman–Crippen MR) is 112 cm³/mol. The molecule has 2 heterocycles. The van der Waals surface area contributed by atoms with Gasteiger partial charge in [0.2, 0.25) is 0 Å². The molecule has 0 radical (unpaired) electrons. The highest BCUT2D eigenvalue weighted by molar-refractivity contribution is 7.71. The molecule has 152 valence electrons. The van der Waals surface area contributed by atoms with Crippen LogP contribution in [0.4, 0.5) is 5.82 Å². The van der Waals surface area contributed by atoms with Crippen molar-refractivity contribution >= 4 is 23.8 Å². The number of H-pyrrole nitrogens is 2. The Bertz CT molecular complexity index is 1160. The van der Waals surface area contributed by atoms with E-state index in [0.717, 1.165) is 11.3 Å². The van der Waals surface area contributed by atoms with Crippen LogP contribution in [0.15, 0.2) is 34.3 Å². The lowest BCUT2D eigenvalue weighted by atomic mass is 9.69. The van der Waals surface area contributed by atoms with Crippen molar-refractivity contribution in [2.75, 3.05) is 19.5 Å². The maximum Gasteiger partial charge on any atom is 0.257 e. The third kappa shape index (κ3) is 3.27. The van der Waals surface area contributed by atoms with Crippen LogP contribution >= 0.6 is 12.2 Å². The largest absolute Gasteiger partial charge is 0.493 e. The summed E-state index contributed by atoms with van der Waals surface area (Å²) in [4.78, 5) is 31.8. The van der Waals surface area contributed by atoms with Crippen LogP contribution in [0.3, 0.4) is 0 Å². The van der Waals surface area contributed by atoms with Gasteiger partial charge in [-0.05, 0) is 41.7 Å². The Morgan fingerprint density at radius 2 is 1.79 bits per heavy atom. The van der Waals surface area contributed by atoms with Crippen molar-refractivity contribution in [2.24, 2.45) is 5.41 Å². The van der Waals surface area contributed by atoms with Crippen molar-refractivity contribution in [1.29, 1.82) is 0 Å². The van der Waals surface area contributed by atoms with Gasteiger partial charge in [-0.2, -0.15) is 0 Å². The lowest BCUT2D eigenvalue weighted by Crippen LogP contribution is -2.36. The molecule has 0 amide bonds. The Hall–Kier alpha value is -2.87. The molecule has 29 heavy (non-hydrogen) atoms. The van der Waals surface area contributed by atoms with E-state index in [9.17, 15) is 9.59 Å². The second kappa shape index (κ2) is 6.88. The first-order valence-electron chi connectivity index (χ1n) is 9.36. The highest BCUT2D eigenvalue weighted by Crippen LogP contribution is 2.48. The SMILES string of the molecule is COc1ccc(C2C3=C(CC(C)(C)CC3=O)Nc3[nH]c(=S)[nH]c(=O)c32)cc1OC. The number of rotatable bonds is 3. The normalized spacial score (nSPS) is 19.9. The molecule has 1 unspecified atom stereocenters. The smallest absolute Gasteiger partial charge is 0.257 e. The van der Waals surface area contributed by atoms with Crippen LogP contribution in [-0.4, -0.2) is 30.0 Å². The number of ether oxygens (including phenoxy) is 2. The van der Waals surface area contributed by atoms with Gasteiger partial charge >= 0.3 is 0 Å². The Balaban J connectivity index is 1.99. The van der Waals surface area contributed by atoms with E-state index in [1.165, 1.54) is 0 Å². The number of nitrogens with one attached hydrogen (secondary N) is 3. The Morgan fingerprint density at radius 3 is 2.48 bits per heavy atom. The van der Waals surface area contributed by atoms with E-state index in [0.29, 0.717) is 41.3 Å². The van der Waals surface area contributed by atoms with Gasteiger partial charge in [0.15, 0.2) is 22.1 Å². The molecule has 4 rings (SSSR count). The summed E-state index contributed by atoms with van der Waals surface area (Å²) in [5.74, 6) is 1.16. The first-order chi connectivity index (χ1) is 13.7. The fourth-order valence-electron chi connectivity index (χ4n) is 4.31. The number of aromatic amines is 2. The van der Waals surface area contributed by atoms with Crippen LogP contribution in [0.25, 0.3) is 0 Å². The summed E-state index contributed by atoms with van der Waals surface area (Å²) < 4.78 is 11.0. The van der Waals surface area contributed by atoms with Gasteiger partial charge in [-0.15, -0.1) is 0 Å². The summed E-state index contributed by atoms with van der Waals surface area (Å²) >= 11 is 5.16. The number of benzene rings is 1. The maximum atomic E-state index is 13.2. The average Bonchev–Trinajstić information content (AvgIpc) is 2.64. The zero-order valence-electron chi connectivity index (χ0n) is 16.8. The third-order valence-corrected chi connectivity index (χ3v) is 5.70. The van der Waals surface area contributed by atoms with Gasteiger partial charge in [-0.25, -0.2) is 0 Å². The van der Waals surface area contributed by atoms with Gasteiger partial charge < -0.3 is 19.8 Å². The molecule has 1 aliphatic heterocycles. The van der Waals surface area contributed by atoms with Crippen molar-refractivity contribution in [3.8, 4) is 11.5 Å². The van der Waals surface area contributed by atoms with Gasteiger partial charge in [-0.1, -0.05) is 19.9 Å². The molecule has 2 aliphatic rings. The topological polar surface area (TPSA) is 96.2 Å². The minimum Gasteiger partial charge on any atom is -0.493 e. The van der Waals surface area contributed by atoms with Crippen LogP contribution in [0.5, 0.6) is 11.5 Å². The molecule has 8 heteroatoms. The van der Waals surface area contributed by atoms with E-state index < -0.39 is 5.92 Å². The van der Waals surface area contributed by atoms with E-state index in [-0.39, 0.29) is 21.5 Å². The molecule has 3 N–H and O–H groups in total. The van der Waals surface area contributed by atoms with Crippen LogP contribution in [0.1, 0.15) is 43.7 Å². The summed E-state index contributed by atoms with van der Waals surface area (Å²) in [6.07, 6.45) is 1.12. The lowest BCUT2D eigenvalue weighted by molar-refractivity contribution is -0.118. The number of fused-ring (bicyclic) bond motifs is 1. The number of anilines is 1. The summed E-state index contributed by atoms with van der Waals surface area (Å²) in [6.45, 7) is 4.13. The van der Waals surface area contributed by atoms with Gasteiger partial charge in [-0.3, -0.25) is 14.6 Å². The van der Waals surface area contributed by atoms with E-state index in [1.54, 1.807) is 20.3 Å². The summed E-state index contributed by atoms with van der Waals surface area (Å²) in [6, 6.07) is 5.46. The van der Waals surface area contributed by atoms with Gasteiger partial charge in [0.1, 0.15) is 5.82 Å². The number of hydrogen-bond donors (Lipinski definition) is 3. The minimum absolute atomic E-state index is 0.0380. The number of hydrogen-bond acceptors (Lipinski definition) is 6. The van der Waals surface area contributed by atoms with E-state index in [1.807, 2.05) is 12.1 Å². The Morgan fingerprint density at radius 1 is 1.07 bits per heavy atom. The van der Waals surface area contributed by atoms with Gasteiger partial charge in [0.25, 0.3) is 5.56 Å². The van der Waals surface area contributed by atoms with E-state index >= 15 is 0 Å². The third-order valence-electron chi connectivity index (χ3n) is 5.49. The van der Waals surface area contributed by atoms with Crippen LogP contribution in [0.2, 0.25) is 0 Å². The van der Waals surface area contributed by atoms with E-state index in [4.69, 9.17) is 21.7 Å². The van der Waals surface area contributed by atoms with Crippen molar-refractivity contribution in [2.45, 2.75) is 32.6 Å². The highest BCUT2D eigenvalue weighted by Gasteiger charge is 2.42. The average molecular weight is 413 g/mol. The molecule has 0 fully saturated rings. The molecule has 0 spiro atoms.